The summed E-state index contributed by atoms with van der Waals surface area (Å²) in [7, 11) is 3.96. The van der Waals surface area contributed by atoms with Crippen LogP contribution in [-0.4, -0.2) is 49.0 Å². The molecule has 0 aliphatic carbocycles. The van der Waals surface area contributed by atoms with Gasteiger partial charge in [0.15, 0.2) is 6.10 Å². The molecule has 27 heavy (non-hydrogen) atoms. The molecule has 2 aromatic rings. The molecular formula is C21H22ClN3O2. The Bertz CT molecular complexity index is 859. The fourth-order valence-electron chi connectivity index (χ4n) is 3.05. The number of ether oxygens (including phenoxy) is 1. The lowest BCUT2D eigenvalue weighted by Gasteiger charge is -2.27. The van der Waals surface area contributed by atoms with Crippen LogP contribution in [-0.2, 0) is 17.8 Å². The number of halogens is 1. The molecule has 1 aliphatic heterocycles. The Hall–Kier alpha value is -2.55. The predicted molar refractivity (Wildman–Crippen MR) is 105 cm³/mol. The van der Waals surface area contributed by atoms with E-state index >= 15 is 0 Å². The molecular weight excluding hydrogens is 362 g/mol. The highest BCUT2D eigenvalue weighted by Gasteiger charge is 2.32. The highest BCUT2D eigenvalue weighted by Crippen LogP contribution is 2.31. The first-order valence-corrected chi connectivity index (χ1v) is 9.21. The molecule has 140 valence electrons. The van der Waals surface area contributed by atoms with E-state index in [9.17, 15) is 4.79 Å². The zero-order chi connectivity index (χ0) is 19.4. The van der Waals surface area contributed by atoms with E-state index < -0.39 is 6.10 Å². The number of likely N-dealkylation sites (N-methyl/N-ethyl adjacent to an activating group) is 1. The maximum atomic E-state index is 13.1. The van der Waals surface area contributed by atoms with Gasteiger partial charge in [-0.3, -0.25) is 4.79 Å². The molecule has 1 unspecified atom stereocenters. The van der Waals surface area contributed by atoms with Crippen LogP contribution >= 0.6 is 11.6 Å². The zero-order valence-corrected chi connectivity index (χ0v) is 16.2. The lowest BCUT2D eigenvalue weighted by Crippen LogP contribution is -2.43. The van der Waals surface area contributed by atoms with E-state index in [0.29, 0.717) is 30.1 Å². The molecule has 0 spiro atoms. The quantitative estimate of drug-likeness (QED) is 0.769. The summed E-state index contributed by atoms with van der Waals surface area (Å²) in [5, 5.41) is 9.59. The third-order valence-corrected chi connectivity index (χ3v) is 4.79. The van der Waals surface area contributed by atoms with Crippen LogP contribution in [0.1, 0.15) is 16.7 Å². The molecule has 0 saturated heterocycles. The van der Waals surface area contributed by atoms with Crippen molar-refractivity contribution in [2.75, 3.05) is 27.2 Å². The van der Waals surface area contributed by atoms with Gasteiger partial charge in [-0.25, -0.2) is 0 Å². The van der Waals surface area contributed by atoms with Crippen molar-refractivity contribution in [2.24, 2.45) is 0 Å². The minimum atomic E-state index is -0.529. The van der Waals surface area contributed by atoms with Crippen molar-refractivity contribution in [1.29, 1.82) is 5.26 Å². The number of nitriles is 1. The molecule has 1 aliphatic rings. The molecule has 1 amide bonds. The van der Waals surface area contributed by atoms with Crippen molar-refractivity contribution >= 4 is 17.5 Å². The highest BCUT2D eigenvalue weighted by atomic mass is 35.5. The van der Waals surface area contributed by atoms with Crippen LogP contribution in [0.3, 0.4) is 0 Å². The van der Waals surface area contributed by atoms with Crippen LogP contribution in [0.5, 0.6) is 5.75 Å². The number of benzene rings is 2. The van der Waals surface area contributed by atoms with Gasteiger partial charge in [-0.05, 0) is 55.6 Å². The van der Waals surface area contributed by atoms with Gasteiger partial charge in [0, 0.05) is 31.1 Å². The van der Waals surface area contributed by atoms with Crippen LogP contribution in [0.2, 0.25) is 5.02 Å². The third kappa shape index (κ3) is 4.79. The number of nitrogens with zero attached hydrogens (tertiary/aromatic N) is 3. The summed E-state index contributed by atoms with van der Waals surface area (Å²) >= 11 is 6.05. The lowest BCUT2D eigenvalue weighted by atomic mass is 10.1. The smallest absolute Gasteiger partial charge is 0.264 e. The number of rotatable bonds is 6. The fraction of sp³-hybridized carbons (Fsp3) is 0.333. The van der Waals surface area contributed by atoms with Crippen molar-refractivity contribution in [3.8, 4) is 11.8 Å². The molecule has 0 aromatic heterocycles. The molecule has 1 atom stereocenters. The number of amides is 1. The largest absolute Gasteiger partial charge is 0.480 e. The van der Waals surface area contributed by atoms with Crippen LogP contribution in [0.4, 0.5) is 0 Å². The number of carbonyl (C=O) groups excluding carboxylic acids is 1. The maximum absolute atomic E-state index is 13.1. The van der Waals surface area contributed by atoms with E-state index in [-0.39, 0.29) is 5.91 Å². The van der Waals surface area contributed by atoms with E-state index in [1.807, 2.05) is 48.2 Å². The summed E-state index contributed by atoms with van der Waals surface area (Å²) in [6.07, 6.45) is -0.000359. The van der Waals surface area contributed by atoms with Gasteiger partial charge in [-0.15, -0.1) is 0 Å². The predicted octanol–water partition coefficient (Wildman–Crippen LogP) is 3.11. The van der Waals surface area contributed by atoms with Gasteiger partial charge in [0.2, 0.25) is 0 Å². The van der Waals surface area contributed by atoms with Crippen molar-refractivity contribution in [2.45, 2.75) is 19.1 Å². The Kier molecular flexibility index (Phi) is 6.00. The van der Waals surface area contributed by atoms with Gasteiger partial charge in [0.25, 0.3) is 5.91 Å². The molecule has 0 bridgehead atoms. The van der Waals surface area contributed by atoms with E-state index in [1.165, 1.54) is 0 Å². The average molecular weight is 384 g/mol. The standard InChI is InChI=1S/C21H22ClN3O2/c1-24(2)9-10-25(14-16-5-3-15(13-23)4-6-16)21(26)20-12-17-11-18(22)7-8-19(17)27-20/h3-8,11,20H,9-10,12,14H2,1-2H3. The second-order valence-corrected chi connectivity index (χ2v) is 7.37. The summed E-state index contributed by atoms with van der Waals surface area (Å²) in [6, 6.07) is 14.9. The molecule has 0 N–H and O–H groups in total. The van der Waals surface area contributed by atoms with Gasteiger partial charge in [-0.2, -0.15) is 5.26 Å². The lowest BCUT2D eigenvalue weighted by molar-refractivity contribution is -0.138. The van der Waals surface area contributed by atoms with Crippen molar-refractivity contribution in [3.05, 3.63) is 64.2 Å². The van der Waals surface area contributed by atoms with E-state index in [4.69, 9.17) is 21.6 Å². The second-order valence-electron chi connectivity index (χ2n) is 6.93. The zero-order valence-electron chi connectivity index (χ0n) is 15.5. The summed E-state index contributed by atoms with van der Waals surface area (Å²) in [5.41, 5.74) is 2.56. The van der Waals surface area contributed by atoms with Crippen molar-refractivity contribution in [1.82, 2.24) is 9.80 Å². The Morgan fingerprint density at radius 2 is 1.96 bits per heavy atom. The summed E-state index contributed by atoms with van der Waals surface area (Å²) in [4.78, 5) is 17.0. The van der Waals surface area contributed by atoms with Crippen LogP contribution in [0.15, 0.2) is 42.5 Å². The van der Waals surface area contributed by atoms with Crippen molar-refractivity contribution in [3.63, 3.8) is 0 Å². The molecule has 0 fully saturated rings. The first-order valence-electron chi connectivity index (χ1n) is 8.84. The van der Waals surface area contributed by atoms with Gasteiger partial charge in [0.1, 0.15) is 5.75 Å². The molecule has 0 radical (unpaired) electrons. The monoisotopic (exact) mass is 383 g/mol. The number of hydrogen-bond donors (Lipinski definition) is 0. The maximum Gasteiger partial charge on any atom is 0.264 e. The topological polar surface area (TPSA) is 56.6 Å². The fourth-order valence-corrected chi connectivity index (χ4v) is 3.25. The van der Waals surface area contributed by atoms with Gasteiger partial charge < -0.3 is 14.5 Å². The SMILES string of the molecule is CN(C)CCN(Cc1ccc(C#N)cc1)C(=O)C1Cc2cc(Cl)ccc2O1. The first-order chi connectivity index (χ1) is 13.0. The van der Waals surface area contributed by atoms with Gasteiger partial charge in [0.05, 0.1) is 11.6 Å². The number of hydrogen-bond acceptors (Lipinski definition) is 4. The molecule has 5 nitrogen and oxygen atoms in total. The first kappa shape index (κ1) is 19.2. The van der Waals surface area contributed by atoms with E-state index in [0.717, 1.165) is 23.4 Å². The second kappa shape index (κ2) is 8.43. The minimum absolute atomic E-state index is 0.0338. The van der Waals surface area contributed by atoms with Crippen LogP contribution < -0.4 is 4.74 Å². The van der Waals surface area contributed by atoms with Crippen LogP contribution in [0, 0.1) is 11.3 Å². The normalized spacial score (nSPS) is 15.1. The average Bonchev–Trinajstić information content (AvgIpc) is 3.08. The van der Waals surface area contributed by atoms with Gasteiger partial charge in [-0.1, -0.05) is 23.7 Å². The Morgan fingerprint density at radius 3 is 2.63 bits per heavy atom. The molecule has 3 rings (SSSR count). The highest BCUT2D eigenvalue weighted by molar-refractivity contribution is 6.30. The van der Waals surface area contributed by atoms with Gasteiger partial charge >= 0.3 is 0 Å². The Balaban J connectivity index is 1.74. The summed E-state index contributed by atoms with van der Waals surface area (Å²) < 4.78 is 5.88. The molecule has 1 heterocycles. The summed E-state index contributed by atoms with van der Waals surface area (Å²) in [5.74, 6) is 0.692. The third-order valence-electron chi connectivity index (χ3n) is 4.56. The van der Waals surface area contributed by atoms with Crippen molar-refractivity contribution < 1.29 is 9.53 Å². The van der Waals surface area contributed by atoms with E-state index in [2.05, 4.69) is 6.07 Å². The van der Waals surface area contributed by atoms with Crippen LogP contribution in [0.25, 0.3) is 0 Å². The summed E-state index contributed by atoms with van der Waals surface area (Å²) in [6.45, 7) is 1.84. The molecule has 6 heteroatoms. The Labute approximate surface area is 164 Å². The minimum Gasteiger partial charge on any atom is -0.480 e. The Morgan fingerprint density at radius 1 is 1.22 bits per heavy atom. The number of carbonyl (C=O) groups is 1. The van der Waals surface area contributed by atoms with E-state index in [1.54, 1.807) is 18.2 Å². The number of fused-ring (bicyclic) bond motifs is 1. The molecule has 0 saturated carbocycles. The molecule has 2 aromatic carbocycles.